The molecule has 2 heteroatoms. The van der Waals surface area contributed by atoms with Gasteiger partial charge >= 0.3 is 0 Å². The average molecular weight is 324 g/mol. The Labute approximate surface area is 147 Å². The van der Waals surface area contributed by atoms with Gasteiger partial charge in [0.05, 0.1) is 19.6 Å². The Morgan fingerprint density at radius 1 is 0.792 bits per heavy atom. The number of rotatable bonds is 9. The fourth-order valence-electron chi connectivity index (χ4n) is 2.99. The Bertz CT molecular complexity index is 621. The number of para-hydroxylation sites is 1. The molecule has 128 valence electrons. The molecule has 2 nitrogen and oxygen atoms in total. The van der Waals surface area contributed by atoms with Gasteiger partial charge in [-0.2, -0.15) is 0 Å². The first-order valence-electron chi connectivity index (χ1n) is 9.03. The van der Waals surface area contributed by atoms with Crippen LogP contribution in [0.1, 0.15) is 31.9 Å². The largest absolute Gasteiger partial charge is 0.487 e. The highest BCUT2D eigenvalue weighted by Crippen LogP contribution is 2.21. The van der Waals surface area contributed by atoms with Gasteiger partial charge in [0.2, 0.25) is 0 Å². The van der Waals surface area contributed by atoms with E-state index in [1.54, 1.807) is 0 Å². The Hall–Kier alpha value is -2.06. The maximum atomic E-state index is 6.12. The molecule has 0 aliphatic carbocycles. The van der Waals surface area contributed by atoms with Gasteiger partial charge in [0.1, 0.15) is 18.9 Å². The minimum absolute atomic E-state index is 0.756. The van der Waals surface area contributed by atoms with Crippen molar-refractivity contribution in [2.24, 2.45) is 0 Å². The molecule has 0 aliphatic heterocycles. The van der Waals surface area contributed by atoms with Crippen molar-refractivity contribution in [3.63, 3.8) is 0 Å². The average Bonchev–Trinajstić information content (AvgIpc) is 2.66. The standard InChI is InChI=1S/C22H30NO/c1-4-23(5-2,6-3)18-19-24-22-15-11-10-14-21(22)17-16-20-12-8-7-9-13-20/h7-17H,4-6,18-19H2,1-3H3/q+1/b17-16+. The molecule has 0 N–H and O–H groups in total. The lowest BCUT2D eigenvalue weighted by Crippen LogP contribution is -2.49. The summed E-state index contributed by atoms with van der Waals surface area (Å²) in [5.41, 5.74) is 2.33. The molecule has 0 radical (unpaired) electrons. The highest BCUT2D eigenvalue weighted by molar-refractivity contribution is 5.72. The molecule has 24 heavy (non-hydrogen) atoms. The van der Waals surface area contributed by atoms with Gasteiger partial charge in [-0.15, -0.1) is 0 Å². The van der Waals surface area contributed by atoms with Crippen LogP contribution in [0.2, 0.25) is 0 Å². The fraction of sp³-hybridized carbons (Fsp3) is 0.364. The Kier molecular flexibility index (Phi) is 7.07. The van der Waals surface area contributed by atoms with Crippen LogP contribution in [0.3, 0.4) is 0 Å². The summed E-state index contributed by atoms with van der Waals surface area (Å²) < 4.78 is 7.23. The summed E-state index contributed by atoms with van der Waals surface area (Å²) in [6.07, 6.45) is 4.26. The van der Waals surface area contributed by atoms with E-state index in [4.69, 9.17) is 4.74 Å². The monoisotopic (exact) mass is 324 g/mol. The highest BCUT2D eigenvalue weighted by atomic mass is 16.5. The summed E-state index contributed by atoms with van der Waals surface area (Å²) in [5, 5.41) is 0. The predicted molar refractivity (Wildman–Crippen MR) is 104 cm³/mol. The minimum atomic E-state index is 0.756. The zero-order valence-corrected chi connectivity index (χ0v) is 15.2. The van der Waals surface area contributed by atoms with Crippen LogP contribution in [0, 0.1) is 0 Å². The van der Waals surface area contributed by atoms with E-state index in [9.17, 15) is 0 Å². The summed E-state index contributed by atoms with van der Waals surface area (Å²) in [7, 11) is 0. The molecular weight excluding hydrogens is 294 g/mol. The van der Waals surface area contributed by atoms with Crippen molar-refractivity contribution in [1.82, 2.24) is 0 Å². The normalized spacial score (nSPS) is 11.8. The second-order valence-corrected chi connectivity index (χ2v) is 6.14. The van der Waals surface area contributed by atoms with E-state index in [2.05, 4.69) is 75.4 Å². The lowest BCUT2D eigenvalue weighted by molar-refractivity contribution is -0.923. The summed E-state index contributed by atoms with van der Waals surface area (Å²) in [6.45, 7) is 12.1. The number of likely N-dealkylation sites (N-methyl/N-ethyl adjacent to an activating group) is 1. The first kappa shape index (κ1) is 18.3. The van der Waals surface area contributed by atoms with E-state index in [1.165, 1.54) is 5.56 Å². The van der Waals surface area contributed by atoms with E-state index in [0.29, 0.717) is 0 Å². The van der Waals surface area contributed by atoms with Crippen LogP contribution in [0.4, 0.5) is 0 Å². The van der Waals surface area contributed by atoms with E-state index in [-0.39, 0.29) is 0 Å². The summed E-state index contributed by atoms with van der Waals surface area (Å²) >= 11 is 0. The maximum absolute atomic E-state index is 6.12. The van der Waals surface area contributed by atoms with Gasteiger partial charge in [-0.1, -0.05) is 60.7 Å². The van der Waals surface area contributed by atoms with Crippen LogP contribution >= 0.6 is 0 Å². The van der Waals surface area contributed by atoms with Crippen molar-refractivity contribution in [2.45, 2.75) is 20.8 Å². The summed E-state index contributed by atoms with van der Waals surface area (Å²) in [6, 6.07) is 18.6. The van der Waals surface area contributed by atoms with Gasteiger partial charge in [-0.05, 0) is 32.4 Å². The van der Waals surface area contributed by atoms with Crippen molar-refractivity contribution >= 4 is 12.2 Å². The van der Waals surface area contributed by atoms with Crippen LogP contribution < -0.4 is 4.74 Å². The maximum Gasteiger partial charge on any atom is 0.137 e. The number of ether oxygens (including phenoxy) is 1. The molecule has 0 aromatic heterocycles. The van der Waals surface area contributed by atoms with Crippen molar-refractivity contribution in [1.29, 1.82) is 0 Å². The molecule has 0 aliphatic rings. The quantitative estimate of drug-likeness (QED) is 0.460. The molecule has 0 amide bonds. The van der Waals surface area contributed by atoms with Crippen molar-refractivity contribution in [3.05, 3.63) is 65.7 Å². The first-order chi connectivity index (χ1) is 11.7. The summed E-state index contributed by atoms with van der Waals surface area (Å²) in [5.74, 6) is 0.964. The SMILES string of the molecule is CC[N+](CC)(CC)CCOc1ccccc1/C=C/c1ccccc1. The van der Waals surface area contributed by atoms with Crippen LogP contribution in [-0.4, -0.2) is 37.3 Å². The smallest absolute Gasteiger partial charge is 0.137 e. The third-order valence-corrected chi connectivity index (χ3v) is 5.01. The van der Waals surface area contributed by atoms with Gasteiger partial charge < -0.3 is 9.22 Å². The fourth-order valence-corrected chi connectivity index (χ4v) is 2.99. The molecule has 2 aromatic carbocycles. The van der Waals surface area contributed by atoms with Crippen LogP contribution in [0.15, 0.2) is 54.6 Å². The van der Waals surface area contributed by atoms with E-state index in [1.807, 2.05) is 12.1 Å². The number of hydrogen-bond acceptors (Lipinski definition) is 1. The third-order valence-electron chi connectivity index (χ3n) is 5.01. The predicted octanol–water partition coefficient (Wildman–Crippen LogP) is 5.11. The molecule has 0 atom stereocenters. The lowest BCUT2D eigenvalue weighted by Gasteiger charge is -2.35. The lowest BCUT2D eigenvalue weighted by atomic mass is 10.1. The molecular formula is C22H30NO+. The zero-order chi connectivity index (χ0) is 17.3. The first-order valence-corrected chi connectivity index (χ1v) is 9.03. The van der Waals surface area contributed by atoms with Gasteiger partial charge in [-0.3, -0.25) is 0 Å². The molecule has 0 bridgehead atoms. The van der Waals surface area contributed by atoms with Crippen molar-refractivity contribution < 1.29 is 9.22 Å². The van der Waals surface area contributed by atoms with E-state index < -0.39 is 0 Å². The molecule has 0 saturated carbocycles. The Morgan fingerprint density at radius 2 is 1.42 bits per heavy atom. The Balaban J connectivity index is 2.03. The van der Waals surface area contributed by atoms with Crippen LogP contribution in [-0.2, 0) is 0 Å². The van der Waals surface area contributed by atoms with Crippen molar-refractivity contribution in [3.8, 4) is 5.75 Å². The van der Waals surface area contributed by atoms with Gasteiger partial charge in [0.15, 0.2) is 0 Å². The number of nitrogens with zero attached hydrogens (tertiary/aromatic N) is 1. The van der Waals surface area contributed by atoms with E-state index >= 15 is 0 Å². The minimum Gasteiger partial charge on any atom is -0.487 e. The molecule has 2 aromatic rings. The van der Waals surface area contributed by atoms with Crippen LogP contribution in [0.5, 0.6) is 5.75 Å². The molecule has 0 heterocycles. The number of quaternary nitrogens is 1. The van der Waals surface area contributed by atoms with Crippen LogP contribution in [0.25, 0.3) is 12.2 Å². The van der Waals surface area contributed by atoms with Crippen molar-refractivity contribution in [2.75, 3.05) is 32.8 Å². The van der Waals surface area contributed by atoms with Gasteiger partial charge in [0, 0.05) is 5.56 Å². The second-order valence-electron chi connectivity index (χ2n) is 6.14. The third kappa shape index (κ3) is 4.97. The van der Waals surface area contributed by atoms with E-state index in [0.717, 1.165) is 48.6 Å². The number of hydrogen-bond donors (Lipinski definition) is 0. The molecule has 0 saturated heterocycles. The van der Waals surface area contributed by atoms with Gasteiger partial charge in [0.25, 0.3) is 0 Å². The summed E-state index contributed by atoms with van der Waals surface area (Å²) in [4.78, 5) is 0. The topological polar surface area (TPSA) is 9.23 Å². The molecule has 2 rings (SSSR count). The molecule has 0 fully saturated rings. The molecule has 0 unspecified atom stereocenters. The van der Waals surface area contributed by atoms with Gasteiger partial charge in [-0.25, -0.2) is 0 Å². The highest BCUT2D eigenvalue weighted by Gasteiger charge is 2.20. The molecule has 0 spiro atoms. The number of benzene rings is 2. The second kappa shape index (κ2) is 9.29. The Morgan fingerprint density at radius 3 is 2.08 bits per heavy atom. The zero-order valence-electron chi connectivity index (χ0n) is 15.2.